The Labute approximate surface area is 168 Å². The maximum absolute atomic E-state index is 12.3. The summed E-state index contributed by atoms with van der Waals surface area (Å²) < 4.78 is 5.77. The van der Waals surface area contributed by atoms with E-state index in [1.165, 1.54) is 0 Å². The molecule has 3 aromatic rings. The van der Waals surface area contributed by atoms with Gasteiger partial charge in [0.05, 0.1) is 6.54 Å². The van der Waals surface area contributed by atoms with Crippen LogP contribution >= 0.6 is 0 Å². The van der Waals surface area contributed by atoms with Gasteiger partial charge in [0.2, 0.25) is 17.7 Å². The summed E-state index contributed by atoms with van der Waals surface area (Å²) in [5.41, 5.74) is 3.17. The number of amides is 2. The molecule has 0 radical (unpaired) electrons. The Hall–Kier alpha value is -3.48. The number of nitrogens with zero attached hydrogens (tertiary/aromatic N) is 3. The maximum Gasteiger partial charge on any atom is 0.251 e. The van der Waals surface area contributed by atoms with Crippen LogP contribution < -0.4 is 5.32 Å². The van der Waals surface area contributed by atoms with E-state index in [0.29, 0.717) is 17.3 Å². The average Bonchev–Trinajstić information content (AvgIpc) is 3.44. The van der Waals surface area contributed by atoms with Gasteiger partial charge in [0, 0.05) is 29.8 Å². The molecule has 2 heterocycles. The van der Waals surface area contributed by atoms with Crippen molar-refractivity contribution in [3.8, 4) is 22.9 Å². The Morgan fingerprint density at radius 3 is 2.38 bits per heavy atom. The molecule has 0 bridgehead atoms. The highest BCUT2D eigenvalue weighted by Gasteiger charge is 2.18. The van der Waals surface area contributed by atoms with E-state index in [4.69, 9.17) is 4.42 Å². The number of aromatic nitrogens is 2. The summed E-state index contributed by atoms with van der Waals surface area (Å²) in [5.74, 6) is 0.515. The minimum Gasteiger partial charge on any atom is -0.416 e. The number of hydrogen-bond donors (Lipinski definition) is 1. The van der Waals surface area contributed by atoms with Gasteiger partial charge in [-0.15, -0.1) is 10.2 Å². The van der Waals surface area contributed by atoms with Gasteiger partial charge in [0.15, 0.2) is 0 Å². The highest BCUT2D eigenvalue weighted by molar-refractivity contribution is 5.96. The van der Waals surface area contributed by atoms with Gasteiger partial charge >= 0.3 is 0 Å². The predicted molar refractivity (Wildman–Crippen MR) is 108 cm³/mol. The first-order chi connectivity index (χ1) is 14.1. The molecule has 0 unspecified atom stereocenters. The molecule has 29 heavy (non-hydrogen) atoms. The molecule has 0 saturated carbocycles. The first kappa shape index (κ1) is 18.9. The number of nitrogens with one attached hydrogen (secondary N) is 1. The zero-order chi connectivity index (χ0) is 20.2. The molecule has 1 saturated heterocycles. The van der Waals surface area contributed by atoms with E-state index in [0.717, 1.165) is 42.6 Å². The van der Waals surface area contributed by atoms with E-state index in [-0.39, 0.29) is 18.4 Å². The van der Waals surface area contributed by atoms with Crippen molar-refractivity contribution in [1.82, 2.24) is 20.4 Å². The number of aryl methyl sites for hydroxylation is 1. The molecule has 1 fully saturated rings. The van der Waals surface area contributed by atoms with E-state index in [9.17, 15) is 9.59 Å². The van der Waals surface area contributed by atoms with Crippen LogP contribution in [0.5, 0.6) is 0 Å². The van der Waals surface area contributed by atoms with Gasteiger partial charge in [-0.2, -0.15) is 0 Å². The number of likely N-dealkylation sites (tertiary alicyclic amines) is 1. The molecule has 2 aromatic carbocycles. The second-order valence-corrected chi connectivity index (χ2v) is 7.13. The van der Waals surface area contributed by atoms with E-state index >= 15 is 0 Å². The van der Waals surface area contributed by atoms with Gasteiger partial charge in [-0.1, -0.05) is 17.7 Å². The largest absolute Gasteiger partial charge is 0.416 e. The van der Waals surface area contributed by atoms with Crippen LogP contribution in [0.3, 0.4) is 0 Å². The fourth-order valence-corrected chi connectivity index (χ4v) is 3.34. The second-order valence-electron chi connectivity index (χ2n) is 7.13. The van der Waals surface area contributed by atoms with Crippen molar-refractivity contribution in [3.05, 3.63) is 59.7 Å². The third kappa shape index (κ3) is 4.34. The van der Waals surface area contributed by atoms with Crippen LogP contribution in [0.4, 0.5) is 0 Å². The lowest BCUT2D eigenvalue weighted by Crippen LogP contribution is -2.38. The van der Waals surface area contributed by atoms with Crippen LogP contribution in [-0.2, 0) is 4.79 Å². The molecule has 1 aromatic heterocycles. The summed E-state index contributed by atoms with van der Waals surface area (Å²) in [4.78, 5) is 26.1. The van der Waals surface area contributed by atoms with Crippen molar-refractivity contribution >= 4 is 11.8 Å². The van der Waals surface area contributed by atoms with Gasteiger partial charge in [0.25, 0.3) is 5.91 Å². The Morgan fingerprint density at radius 1 is 1.00 bits per heavy atom. The van der Waals surface area contributed by atoms with E-state index in [2.05, 4.69) is 15.5 Å². The Balaban J connectivity index is 1.40. The molecule has 0 aliphatic carbocycles. The summed E-state index contributed by atoms with van der Waals surface area (Å²) in [6.45, 7) is 3.57. The molecule has 1 N–H and O–H groups in total. The van der Waals surface area contributed by atoms with Gasteiger partial charge in [-0.25, -0.2) is 0 Å². The van der Waals surface area contributed by atoms with E-state index < -0.39 is 0 Å². The Morgan fingerprint density at radius 2 is 1.69 bits per heavy atom. The number of carbonyl (C=O) groups excluding carboxylic acids is 2. The molecule has 0 spiro atoms. The molecular formula is C22H22N4O3. The molecule has 1 aliphatic heterocycles. The van der Waals surface area contributed by atoms with Gasteiger partial charge in [-0.05, 0) is 56.2 Å². The zero-order valence-electron chi connectivity index (χ0n) is 16.2. The third-order valence-electron chi connectivity index (χ3n) is 4.94. The van der Waals surface area contributed by atoms with Crippen LogP contribution in [0.25, 0.3) is 22.9 Å². The number of hydrogen-bond acceptors (Lipinski definition) is 5. The van der Waals surface area contributed by atoms with Crippen molar-refractivity contribution < 1.29 is 14.0 Å². The topological polar surface area (TPSA) is 88.3 Å². The summed E-state index contributed by atoms with van der Waals surface area (Å²) in [6, 6.07) is 14.7. The van der Waals surface area contributed by atoms with Crippen LogP contribution in [0.15, 0.2) is 52.9 Å². The maximum atomic E-state index is 12.3. The molecule has 7 heteroatoms. The van der Waals surface area contributed by atoms with Crippen molar-refractivity contribution in [2.24, 2.45) is 0 Å². The summed E-state index contributed by atoms with van der Waals surface area (Å²) in [7, 11) is 0. The SMILES string of the molecule is Cc1cccc(-c2nnc(-c3ccc(C(=O)NCC(=O)N4CCCC4)cc3)o2)c1. The summed E-state index contributed by atoms with van der Waals surface area (Å²) in [5, 5.41) is 10.9. The van der Waals surface area contributed by atoms with Crippen molar-refractivity contribution in [2.45, 2.75) is 19.8 Å². The molecule has 7 nitrogen and oxygen atoms in total. The van der Waals surface area contributed by atoms with Crippen LogP contribution in [0.1, 0.15) is 28.8 Å². The van der Waals surface area contributed by atoms with E-state index in [1.807, 2.05) is 31.2 Å². The normalized spacial score (nSPS) is 13.5. The first-order valence-electron chi connectivity index (χ1n) is 9.67. The third-order valence-corrected chi connectivity index (χ3v) is 4.94. The van der Waals surface area contributed by atoms with Crippen LogP contribution in [-0.4, -0.2) is 46.5 Å². The molecule has 1 aliphatic rings. The molecule has 2 amide bonds. The minimum absolute atomic E-state index is 0.0180. The van der Waals surface area contributed by atoms with E-state index in [1.54, 1.807) is 29.2 Å². The van der Waals surface area contributed by atoms with Crippen molar-refractivity contribution in [1.29, 1.82) is 0 Å². The zero-order valence-corrected chi connectivity index (χ0v) is 16.2. The number of benzene rings is 2. The average molecular weight is 390 g/mol. The van der Waals surface area contributed by atoms with Crippen LogP contribution in [0.2, 0.25) is 0 Å². The number of carbonyl (C=O) groups is 2. The monoisotopic (exact) mass is 390 g/mol. The van der Waals surface area contributed by atoms with Crippen molar-refractivity contribution in [3.63, 3.8) is 0 Å². The highest BCUT2D eigenvalue weighted by atomic mass is 16.4. The summed E-state index contributed by atoms with van der Waals surface area (Å²) in [6.07, 6.45) is 2.06. The lowest BCUT2D eigenvalue weighted by atomic mass is 10.1. The Kier molecular flexibility index (Phi) is 5.37. The smallest absolute Gasteiger partial charge is 0.251 e. The standard InChI is InChI=1S/C22H22N4O3/c1-15-5-4-6-18(13-15)22-25-24-21(29-22)17-9-7-16(8-10-17)20(28)23-14-19(27)26-11-2-3-12-26/h4-10,13H,2-3,11-12,14H2,1H3,(H,23,28). The molecular weight excluding hydrogens is 368 g/mol. The molecule has 0 atom stereocenters. The highest BCUT2D eigenvalue weighted by Crippen LogP contribution is 2.24. The first-order valence-corrected chi connectivity index (χ1v) is 9.67. The lowest BCUT2D eigenvalue weighted by molar-refractivity contribution is -0.129. The minimum atomic E-state index is -0.282. The van der Waals surface area contributed by atoms with Gasteiger partial charge in [0.1, 0.15) is 0 Å². The fourth-order valence-electron chi connectivity index (χ4n) is 3.34. The fraction of sp³-hybridized carbons (Fsp3) is 0.273. The quantitative estimate of drug-likeness (QED) is 0.723. The van der Waals surface area contributed by atoms with Gasteiger partial charge < -0.3 is 14.6 Å². The molecule has 148 valence electrons. The van der Waals surface area contributed by atoms with Crippen molar-refractivity contribution in [2.75, 3.05) is 19.6 Å². The Bertz CT molecular complexity index is 1020. The number of rotatable bonds is 5. The summed E-state index contributed by atoms with van der Waals surface area (Å²) >= 11 is 0. The van der Waals surface area contributed by atoms with Crippen LogP contribution in [0, 0.1) is 6.92 Å². The molecule has 4 rings (SSSR count). The van der Waals surface area contributed by atoms with Gasteiger partial charge in [-0.3, -0.25) is 9.59 Å². The lowest BCUT2D eigenvalue weighted by Gasteiger charge is -2.15. The second kappa shape index (κ2) is 8.26. The predicted octanol–water partition coefficient (Wildman–Crippen LogP) is 3.06.